The molecule has 8 aromatic carbocycles. The van der Waals surface area contributed by atoms with Gasteiger partial charge in [-0.05, 0) is 0 Å². The van der Waals surface area contributed by atoms with Crippen LogP contribution in [0.1, 0.15) is 0 Å². The molecule has 0 aliphatic carbocycles. The second-order valence-corrected chi connectivity index (χ2v) is 22.6. The van der Waals surface area contributed by atoms with Gasteiger partial charge in [0.25, 0.3) is 0 Å². The molecule has 0 radical (unpaired) electrons. The van der Waals surface area contributed by atoms with E-state index in [-0.39, 0.29) is 0 Å². The summed E-state index contributed by atoms with van der Waals surface area (Å²) in [6, 6.07) is 72.0. The van der Waals surface area contributed by atoms with Crippen molar-refractivity contribution in [1.82, 2.24) is 14.5 Å². The Morgan fingerprint density at radius 2 is 1.02 bits per heavy atom. The maximum atomic E-state index is 6.74. The van der Waals surface area contributed by atoms with Gasteiger partial charge in [0, 0.05) is 0 Å². The number of para-hydroxylation sites is 3. The molecule has 1 aliphatic rings. The number of hydrogen-bond acceptors (Lipinski definition) is 3. The van der Waals surface area contributed by atoms with Crippen molar-refractivity contribution in [3.8, 4) is 39.6 Å². The second kappa shape index (κ2) is 12.5. The normalized spacial score (nSPS) is 13.1. The molecule has 266 valence electrons. The van der Waals surface area contributed by atoms with Gasteiger partial charge in [-0.1, -0.05) is 12.1 Å². The Balaban J connectivity index is 1.21. The summed E-state index contributed by atoms with van der Waals surface area (Å²) >= 11 is -3.69. The first kappa shape index (κ1) is 32.2. The van der Waals surface area contributed by atoms with E-state index in [9.17, 15) is 0 Å². The Hall–Kier alpha value is -7.02. The molecule has 4 heterocycles. The monoisotopic (exact) mass is 789 g/mol. The summed E-state index contributed by atoms with van der Waals surface area (Å²) in [5.74, 6) is 0.694. The van der Waals surface area contributed by atoms with Crippen LogP contribution < -0.4 is 17.6 Å². The van der Waals surface area contributed by atoms with Gasteiger partial charge < -0.3 is 0 Å². The van der Waals surface area contributed by atoms with Gasteiger partial charge >= 0.3 is 321 Å². The van der Waals surface area contributed by atoms with E-state index in [2.05, 4.69) is 199 Å². The zero-order chi connectivity index (χ0) is 37.5. The van der Waals surface area contributed by atoms with Gasteiger partial charge in [-0.3, -0.25) is 0 Å². The van der Waals surface area contributed by atoms with E-state index in [4.69, 9.17) is 14.4 Å². The summed E-state index contributed by atoms with van der Waals surface area (Å²) < 4.78 is 14.5. The van der Waals surface area contributed by atoms with E-state index in [1.807, 2.05) is 6.07 Å². The third kappa shape index (κ3) is 4.56. The van der Waals surface area contributed by atoms with Crippen LogP contribution in [0.3, 0.4) is 0 Å². The average molecular weight is 788 g/mol. The number of benzene rings is 8. The molecule has 1 aliphatic heterocycles. The Morgan fingerprint density at radius 1 is 0.439 bits per heavy atom. The van der Waals surface area contributed by atoms with Crippen molar-refractivity contribution in [3.05, 3.63) is 200 Å². The Bertz CT molecular complexity index is 3310. The van der Waals surface area contributed by atoms with Crippen LogP contribution in [0.2, 0.25) is 0 Å². The second-order valence-electron chi connectivity index (χ2n) is 14.8. The van der Waals surface area contributed by atoms with E-state index in [0.29, 0.717) is 5.82 Å². The molecule has 0 fully saturated rings. The quantitative estimate of drug-likeness (QED) is 0.163. The van der Waals surface area contributed by atoms with E-state index in [1.165, 1.54) is 28.5 Å². The fraction of sp³-hybridized carbons (Fsp3) is 0. The molecule has 11 aromatic rings. The van der Waals surface area contributed by atoms with Crippen LogP contribution in [0, 0.1) is 0 Å². The molecule has 4 nitrogen and oxygen atoms in total. The number of rotatable bonds is 5. The van der Waals surface area contributed by atoms with Crippen LogP contribution in [-0.4, -0.2) is 27.8 Å². The molecule has 57 heavy (non-hydrogen) atoms. The van der Waals surface area contributed by atoms with Crippen LogP contribution in [0.25, 0.3) is 83.3 Å². The summed E-state index contributed by atoms with van der Waals surface area (Å²) in [5, 5.41) is 4.52. The van der Waals surface area contributed by atoms with Gasteiger partial charge in [0.05, 0.1) is 0 Å². The number of fused-ring (bicyclic) bond motifs is 10. The predicted molar refractivity (Wildman–Crippen MR) is 237 cm³/mol. The molecule has 0 unspecified atom stereocenters. The third-order valence-electron chi connectivity index (χ3n) is 11.9. The van der Waals surface area contributed by atoms with Gasteiger partial charge in [-0.15, -0.1) is 0 Å². The van der Waals surface area contributed by atoms with E-state index in [1.54, 1.807) is 0 Å². The zero-order valence-electron chi connectivity index (χ0n) is 30.8. The first-order chi connectivity index (χ1) is 28.3. The van der Waals surface area contributed by atoms with Crippen LogP contribution >= 0.6 is 0 Å². The summed E-state index contributed by atoms with van der Waals surface area (Å²) in [5.41, 5.74) is 10.1. The van der Waals surface area contributed by atoms with Gasteiger partial charge in [0.1, 0.15) is 0 Å². The Kier molecular flexibility index (Phi) is 7.07. The summed E-state index contributed by atoms with van der Waals surface area (Å²) in [7, 11) is 0. The van der Waals surface area contributed by atoms with Crippen molar-refractivity contribution in [2.24, 2.45) is 0 Å². The number of hydrogen-bond donors (Lipinski definition) is 0. The molecule has 5 heteroatoms. The first-order valence-electron chi connectivity index (χ1n) is 19.4. The molecule has 0 atom stereocenters. The number of nitrogens with zero attached hydrogens (tertiary/aromatic N) is 3. The van der Waals surface area contributed by atoms with Crippen LogP contribution in [0.4, 0.5) is 0 Å². The molecule has 0 amide bonds. The van der Waals surface area contributed by atoms with Crippen LogP contribution in [0.15, 0.2) is 205 Å². The maximum absolute atomic E-state index is 6.74. The minimum absolute atomic E-state index is 0.694. The predicted octanol–water partition coefficient (Wildman–Crippen LogP) is 10.2. The average Bonchev–Trinajstić information content (AvgIpc) is 3.94. The Morgan fingerprint density at radius 3 is 1.79 bits per heavy atom. The van der Waals surface area contributed by atoms with Crippen molar-refractivity contribution >= 4 is 74.6 Å². The standard InChI is InChI=1S/C52H33GeN3O/c1-4-18-34(19-5-1)48-47-49(41-26-10-14-28-43(41)53(47,35-20-6-2-7-21-35)36-22-8-3-9-23-36)55-52(54-48)42-27-12-16-30-45(42)56-44-29-15-11-24-37(44)39-32-33-40-38-25-13-17-31-46(38)57-51(40)50(39)56/h1-33H. The summed E-state index contributed by atoms with van der Waals surface area (Å²) in [4.78, 5) is 11.5. The summed E-state index contributed by atoms with van der Waals surface area (Å²) in [6.45, 7) is 0. The van der Waals surface area contributed by atoms with Crippen LogP contribution in [0.5, 0.6) is 0 Å². The Labute approximate surface area is 331 Å². The van der Waals surface area contributed by atoms with Crippen molar-refractivity contribution in [1.29, 1.82) is 0 Å². The fourth-order valence-electron chi connectivity index (χ4n) is 9.57. The van der Waals surface area contributed by atoms with Crippen LogP contribution in [-0.2, 0) is 0 Å². The van der Waals surface area contributed by atoms with Gasteiger partial charge in [-0.2, -0.15) is 0 Å². The van der Waals surface area contributed by atoms with Crippen molar-refractivity contribution in [3.63, 3.8) is 0 Å². The molecule has 0 bridgehead atoms. The van der Waals surface area contributed by atoms with E-state index >= 15 is 0 Å². The number of aromatic nitrogens is 3. The topological polar surface area (TPSA) is 43.9 Å². The molecule has 0 saturated heterocycles. The molecule has 0 N–H and O–H groups in total. The van der Waals surface area contributed by atoms with Gasteiger partial charge in [0.15, 0.2) is 0 Å². The minimum atomic E-state index is -3.69. The molecular formula is C52H33GeN3O. The van der Waals surface area contributed by atoms with Gasteiger partial charge in [0.2, 0.25) is 0 Å². The fourth-order valence-corrected chi connectivity index (χ4v) is 20.6. The van der Waals surface area contributed by atoms with E-state index < -0.39 is 13.3 Å². The molecule has 3 aromatic heterocycles. The SMILES string of the molecule is c1ccc(-c2nc(-c3ccccc3-n3c4ccccc4c4ccc5c6ccccc6oc5c43)nc3[c]2[Ge]([c]2ccccc2)([c]2ccccc2)[c]2ccccc2-3)cc1. The molecular weight excluding hydrogens is 755 g/mol. The van der Waals surface area contributed by atoms with E-state index in [0.717, 1.165) is 66.6 Å². The molecule has 0 saturated carbocycles. The third-order valence-corrected chi connectivity index (χ3v) is 22.1. The number of furan rings is 1. The van der Waals surface area contributed by atoms with Gasteiger partial charge in [-0.25, -0.2) is 0 Å². The molecule has 12 rings (SSSR count). The summed E-state index contributed by atoms with van der Waals surface area (Å²) in [6.07, 6.45) is 0. The first-order valence-corrected chi connectivity index (χ1v) is 23.6. The van der Waals surface area contributed by atoms with Crippen molar-refractivity contribution < 1.29 is 4.42 Å². The zero-order valence-corrected chi connectivity index (χ0v) is 32.9. The molecule has 0 spiro atoms. The van der Waals surface area contributed by atoms with Crippen molar-refractivity contribution in [2.75, 3.05) is 0 Å². The van der Waals surface area contributed by atoms with Crippen molar-refractivity contribution in [2.45, 2.75) is 0 Å².